The fourth-order valence-electron chi connectivity index (χ4n) is 1.73. The second-order valence-corrected chi connectivity index (χ2v) is 5.81. The third-order valence-electron chi connectivity index (χ3n) is 2.94. The Hall–Kier alpha value is 0.400. The van der Waals surface area contributed by atoms with Crippen molar-refractivity contribution in [2.75, 3.05) is 45.6 Å². The summed E-state index contributed by atoms with van der Waals surface area (Å²) < 4.78 is 0. The molecule has 0 aromatic rings. The van der Waals surface area contributed by atoms with Crippen LogP contribution in [-0.4, -0.2) is 55.4 Å². The minimum Gasteiger partial charge on any atom is -0.308 e. The third-order valence-corrected chi connectivity index (χ3v) is 3.40. The predicted octanol–water partition coefficient (Wildman–Crippen LogP) is 3.07. The van der Waals surface area contributed by atoms with Gasteiger partial charge >= 0.3 is 0 Å². The van der Waals surface area contributed by atoms with Crippen LogP contribution in [0.3, 0.4) is 0 Å². The van der Waals surface area contributed by atoms with Crippen LogP contribution in [-0.2, 0) is 0 Å². The normalized spacial score (nSPS) is 13.7. The highest BCUT2D eigenvalue weighted by Crippen LogP contribution is 2.10. The van der Waals surface area contributed by atoms with Crippen LogP contribution in [0.4, 0.5) is 0 Å². The zero-order valence-corrected chi connectivity index (χ0v) is 13.1. The van der Waals surface area contributed by atoms with Crippen molar-refractivity contribution in [1.82, 2.24) is 9.80 Å². The van der Waals surface area contributed by atoms with Crippen LogP contribution in [0.15, 0.2) is 0 Å². The summed E-state index contributed by atoms with van der Waals surface area (Å²) in [4.78, 5) is 4.87. The molecule has 0 rings (SSSR count). The summed E-state index contributed by atoms with van der Waals surface area (Å²) in [6.07, 6.45) is 3.90. The number of hydrogen-bond donors (Lipinski definition) is 0. The van der Waals surface area contributed by atoms with E-state index in [0.717, 1.165) is 11.2 Å². The van der Waals surface area contributed by atoms with Crippen molar-refractivity contribution in [3.05, 3.63) is 0 Å². The first-order chi connectivity index (χ1) is 7.60. The van der Waals surface area contributed by atoms with Gasteiger partial charge in [0.1, 0.15) is 0 Å². The van der Waals surface area contributed by atoms with Gasteiger partial charge < -0.3 is 9.80 Å². The maximum absolute atomic E-state index is 3.52. The zero-order valence-electron chi connectivity index (χ0n) is 11.5. The molecule has 0 amide bonds. The van der Waals surface area contributed by atoms with Gasteiger partial charge in [0, 0.05) is 18.4 Å². The number of hydrogen-bond acceptors (Lipinski definition) is 2. The van der Waals surface area contributed by atoms with E-state index < -0.39 is 0 Å². The lowest BCUT2D eigenvalue weighted by atomic mass is 10.1. The summed E-state index contributed by atoms with van der Waals surface area (Å²) in [5.74, 6) is 0.845. The van der Waals surface area contributed by atoms with Gasteiger partial charge in [-0.1, -0.05) is 29.8 Å². The third kappa shape index (κ3) is 9.61. The van der Waals surface area contributed by atoms with Crippen LogP contribution in [0.2, 0.25) is 0 Å². The van der Waals surface area contributed by atoms with Gasteiger partial charge in [0.05, 0.1) is 0 Å². The Morgan fingerprint density at radius 1 is 1.00 bits per heavy atom. The summed E-state index contributed by atoms with van der Waals surface area (Å²) in [7, 11) is 4.30. The number of nitrogens with zero attached hydrogens (tertiary/aromatic N) is 2. The topological polar surface area (TPSA) is 6.48 Å². The van der Waals surface area contributed by atoms with E-state index >= 15 is 0 Å². The van der Waals surface area contributed by atoms with Gasteiger partial charge in [0.2, 0.25) is 0 Å². The van der Waals surface area contributed by atoms with Crippen molar-refractivity contribution in [3.63, 3.8) is 0 Å². The van der Waals surface area contributed by atoms with E-state index in [2.05, 4.69) is 53.7 Å². The minimum atomic E-state index is 0.845. The van der Waals surface area contributed by atoms with Gasteiger partial charge in [-0.2, -0.15) is 0 Å². The van der Waals surface area contributed by atoms with E-state index in [4.69, 9.17) is 0 Å². The first kappa shape index (κ1) is 16.4. The molecule has 0 aromatic carbocycles. The molecule has 1 atom stereocenters. The molecule has 0 aromatic heterocycles. The fraction of sp³-hybridized carbons (Fsp3) is 1.00. The molecule has 1 unspecified atom stereocenters. The van der Waals surface area contributed by atoms with Gasteiger partial charge in [-0.05, 0) is 52.4 Å². The lowest BCUT2D eigenvalue weighted by Crippen LogP contribution is -2.33. The van der Waals surface area contributed by atoms with E-state index in [1.807, 2.05) is 0 Å². The highest BCUT2D eigenvalue weighted by molar-refractivity contribution is 9.09. The number of alkyl halides is 1. The first-order valence-electron chi connectivity index (χ1n) is 6.53. The van der Waals surface area contributed by atoms with Crippen molar-refractivity contribution in [1.29, 1.82) is 0 Å². The number of rotatable bonds is 10. The minimum absolute atomic E-state index is 0.845. The molecule has 0 spiro atoms. The van der Waals surface area contributed by atoms with Crippen LogP contribution in [0.1, 0.15) is 33.1 Å². The van der Waals surface area contributed by atoms with Crippen molar-refractivity contribution in [3.8, 4) is 0 Å². The second kappa shape index (κ2) is 10.5. The van der Waals surface area contributed by atoms with Crippen LogP contribution < -0.4 is 0 Å². The largest absolute Gasteiger partial charge is 0.308 e. The Morgan fingerprint density at radius 3 is 2.19 bits per heavy atom. The highest BCUT2D eigenvalue weighted by atomic mass is 79.9. The van der Waals surface area contributed by atoms with E-state index in [1.54, 1.807) is 0 Å². The average Bonchev–Trinajstić information content (AvgIpc) is 2.22. The molecule has 16 heavy (non-hydrogen) atoms. The maximum atomic E-state index is 3.52. The summed E-state index contributed by atoms with van der Waals surface area (Å²) >= 11 is 3.52. The van der Waals surface area contributed by atoms with Crippen LogP contribution in [0, 0.1) is 5.92 Å². The average molecular weight is 293 g/mol. The van der Waals surface area contributed by atoms with Gasteiger partial charge in [0.25, 0.3) is 0 Å². The molecular weight excluding hydrogens is 264 g/mol. The predicted molar refractivity (Wildman–Crippen MR) is 77.5 cm³/mol. The van der Waals surface area contributed by atoms with Crippen LogP contribution >= 0.6 is 15.9 Å². The molecule has 0 aliphatic rings. The molecule has 0 saturated heterocycles. The standard InChI is InChI=1S/C13H29BrN2/c1-5-9-16(12-11-15(3)4)10-7-13(2)6-8-14/h13H,5-12H2,1-4H3. The van der Waals surface area contributed by atoms with Gasteiger partial charge in [-0.25, -0.2) is 0 Å². The molecule has 98 valence electrons. The Kier molecular flexibility index (Phi) is 10.8. The lowest BCUT2D eigenvalue weighted by Gasteiger charge is -2.24. The van der Waals surface area contributed by atoms with E-state index in [1.165, 1.54) is 45.4 Å². The highest BCUT2D eigenvalue weighted by Gasteiger charge is 2.07. The molecule has 0 fully saturated rings. The molecule has 0 bridgehead atoms. The maximum Gasteiger partial charge on any atom is 0.0109 e. The molecule has 0 aliphatic carbocycles. The number of halogens is 1. The molecule has 0 saturated carbocycles. The summed E-state index contributed by atoms with van der Waals surface area (Å²) in [5.41, 5.74) is 0. The SMILES string of the molecule is CCCN(CCC(C)CCBr)CCN(C)C. The van der Waals surface area contributed by atoms with E-state index in [0.29, 0.717) is 0 Å². The molecule has 0 aliphatic heterocycles. The molecule has 0 heterocycles. The van der Waals surface area contributed by atoms with E-state index in [-0.39, 0.29) is 0 Å². The summed E-state index contributed by atoms with van der Waals surface area (Å²) in [6.45, 7) is 9.52. The van der Waals surface area contributed by atoms with E-state index in [9.17, 15) is 0 Å². The quantitative estimate of drug-likeness (QED) is 0.571. The Labute approximate surface area is 111 Å². The fourth-order valence-corrected chi connectivity index (χ4v) is 2.51. The van der Waals surface area contributed by atoms with Gasteiger partial charge in [0.15, 0.2) is 0 Å². The molecule has 3 heteroatoms. The smallest absolute Gasteiger partial charge is 0.0109 e. The summed E-state index contributed by atoms with van der Waals surface area (Å²) in [6, 6.07) is 0. The summed E-state index contributed by atoms with van der Waals surface area (Å²) in [5, 5.41) is 1.14. The lowest BCUT2D eigenvalue weighted by molar-refractivity contribution is 0.227. The second-order valence-electron chi connectivity index (χ2n) is 5.02. The van der Waals surface area contributed by atoms with Crippen molar-refractivity contribution in [2.45, 2.75) is 33.1 Å². The monoisotopic (exact) mass is 292 g/mol. The van der Waals surface area contributed by atoms with Gasteiger partial charge in [-0.15, -0.1) is 0 Å². The Balaban J connectivity index is 3.74. The van der Waals surface area contributed by atoms with Crippen molar-refractivity contribution >= 4 is 15.9 Å². The molecular formula is C13H29BrN2. The molecule has 2 nitrogen and oxygen atoms in total. The first-order valence-corrected chi connectivity index (χ1v) is 7.65. The van der Waals surface area contributed by atoms with Crippen molar-refractivity contribution < 1.29 is 0 Å². The van der Waals surface area contributed by atoms with Crippen LogP contribution in [0.5, 0.6) is 0 Å². The molecule has 0 radical (unpaired) electrons. The van der Waals surface area contributed by atoms with Crippen molar-refractivity contribution in [2.24, 2.45) is 5.92 Å². The zero-order chi connectivity index (χ0) is 12.4. The number of likely N-dealkylation sites (N-methyl/N-ethyl adjacent to an activating group) is 1. The van der Waals surface area contributed by atoms with Crippen LogP contribution in [0.25, 0.3) is 0 Å². The Morgan fingerprint density at radius 2 is 1.69 bits per heavy atom. The molecule has 0 N–H and O–H groups in total. The van der Waals surface area contributed by atoms with Gasteiger partial charge in [-0.3, -0.25) is 0 Å². The Bertz CT molecular complexity index is 151.